The Morgan fingerprint density at radius 2 is 2.40 bits per heavy atom. The molecule has 0 saturated carbocycles. The van der Waals surface area contributed by atoms with Gasteiger partial charge in [-0.15, -0.1) is 11.3 Å². The summed E-state index contributed by atoms with van der Waals surface area (Å²) in [6.07, 6.45) is 2.12. The zero-order valence-corrected chi connectivity index (χ0v) is 13.3. The maximum atomic E-state index is 12.2. The number of halogens is 1. The van der Waals surface area contributed by atoms with Crippen molar-refractivity contribution in [2.75, 3.05) is 33.3 Å². The average Bonchev–Trinajstić information content (AvgIpc) is 2.84. The van der Waals surface area contributed by atoms with Gasteiger partial charge in [0.05, 0.1) is 17.4 Å². The minimum absolute atomic E-state index is 0.119. The SMILES string of the molecule is CN(Cc1ccc(Cl)s1)C(=O)CN1CCCC(CO)C1. The lowest BCUT2D eigenvalue weighted by molar-refractivity contribution is -0.132. The molecule has 1 aromatic rings. The van der Waals surface area contributed by atoms with Crippen molar-refractivity contribution in [1.82, 2.24) is 9.80 Å². The van der Waals surface area contributed by atoms with Gasteiger partial charge in [0.1, 0.15) is 0 Å². The topological polar surface area (TPSA) is 43.8 Å². The van der Waals surface area contributed by atoms with Crippen LogP contribution in [-0.2, 0) is 11.3 Å². The summed E-state index contributed by atoms with van der Waals surface area (Å²) >= 11 is 7.40. The number of likely N-dealkylation sites (tertiary alicyclic amines) is 1. The van der Waals surface area contributed by atoms with E-state index in [-0.39, 0.29) is 12.5 Å². The van der Waals surface area contributed by atoms with E-state index in [2.05, 4.69) is 4.90 Å². The average molecular weight is 317 g/mol. The maximum absolute atomic E-state index is 12.2. The van der Waals surface area contributed by atoms with Crippen molar-refractivity contribution in [2.45, 2.75) is 19.4 Å². The Bertz CT molecular complexity index is 452. The van der Waals surface area contributed by atoms with Gasteiger partial charge in [-0.2, -0.15) is 0 Å². The van der Waals surface area contributed by atoms with Gasteiger partial charge in [-0.25, -0.2) is 0 Å². The molecule has 1 aromatic heterocycles. The lowest BCUT2D eigenvalue weighted by Gasteiger charge is -2.32. The first-order chi connectivity index (χ1) is 9.58. The van der Waals surface area contributed by atoms with Crippen molar-refractivity contribution in [3.8, 4) is 0 Å². The zero-order chi connectivity index (χ0) is 14.5. The van der Waals surface area contributed by atoms with Crippen LogP contribution in [0.25, 0.3) is 0 Å². The highest BCUT2D eigenvalue weighted by Crippen LogP contribution is 2.22. The van der Waals surface area contributed by atoms with Gasteiger partial charge >= 0.3 is 0 Å². The normalized spacial score (nSPS) is 20.1. The molecule has 2 heterocycles. The van der Waals surface area contributed by atoms with E-state index in [0.717, 1.165) is 35.1 Å². The molecule has 0 bridgehead atoms. The summed E-state index contributed by atoms with van der Waals surface area (Å²) in [5.74, 6) is 0.436. The molecule has 20 heavy (non-hydrogen) atoms. The van der Waals surface area contributed by atoms with Gasteiger partial charge in [0.2, 0.25) is 5.91 Å². The molecule has 0 spiro atoms. The monoisotopic (exact) mass is 316 g/mol. The van der Waals surface area contributed by atoms with Crippen molar-refractivity contribution in [3.63, 3.8) is 0 Å². The summed E-state index contributed by atoms with van der Waals surface area (Å²) in [7, 11) is 1.82. The van der Waals surface area contributed by atoms with Gasteiger partial charge in [0.25, 0.3) is 0 Å². The molecule has 1 fully saturated rings. The molecule has 0 radical (unpaired) electrons. The fourth-order valence-electron chi connectivity index (χ4n) is 2.51. The van der Waals surface area contributed by atoms with Gasteiger partial charge in [0, 0.05) is 25.1 Å². The smallest absolute Gasteiger partial charge is 0.236 e. The van der Waals surface area contributed by atoms with Crippen LogP contribution < -0.4 is 0 Å². The van der Waals surface area contributed by atoms with Gasteiger partial charge in [-0.1, -0.05) is 11.6 Å². The van der Waals surface area contributed by atoms with Crippen LogP contribution in [0.2, 0.25) is 4.34 Å². The Morgan fingerprint density at radius 1 is 1.60 bits per heavy atom. The molecule has 1 atom stereocenters. The quantitative estimate of drug-likeness (QED) is 0.904. The first-order valence-electron chi connectivity index (χ1n) is 6.90. The molecular weight excluding hydrogens is 296 g/mol. The number of nitrogens with zero attached hydrogens (tertiary/aromatic N) is 2. The van der Waals surface area contributed by atoms with E-state index in [1.54, 1.807) is 4.90 Å². The molecule has 0 aliphatic carbocycles. The van der Waals surface area contributed by atoms with E-state index in [0.29, 0.717) is 19.0 Å². The van der Waals surface area contributed by atoms with E-state index in [4.69, 9.17) is 11.6 Å². The number of aliphatic hydroxyl groups excluding tert-OH is 1. The van der Waals surface area contributed by atoms with Crippen molar-refractivity contribution in [1.29, 1.82) is 0 Å². The number of aliphatic hydroxyl groups is 1. The Balaban J connectivity index is 1.81. The van der Waals surface area contributed by atoms with Crippen LogP contribution in [0.4, 0.5) is 0 Å². The predicted octanol–water partition coefficient (Wildman–Crippen LogP) is 2.06. The number of hydrogen-bond acceptors (Lipinski definition) is 4. The molecule has 1 N–H and O–H groups in total. The number of piperidine rings is 1. The number of likely N-dealkylation sites (N-methyl/N-ethyl adjacent to an activating group) is 1. The summed E-state index contributed by atoms with van der Waals surface area (Å²) in [5, 5.41) is 9.22. The maximum Gasteiger partial charge on any atom is 0.236 e. The second-order valence-corrected chi connectivity index (χ2v) is 7.18. The number of amides is 1. The highest BCUT2D eigenvalue weighted by Gasteiger charge is 2.22. The summed E-state index contributed by atoms with van der Waals surface area (Å²) in [6, 6.07) is 3.82. The van der Waals surface area contributed by atoms with Gasteiger partial charge in [0.15, 0.2) is 0 Å². The molecule has 1 aliphatic rings. The number of hydrogen-bond donors (Lipinski definition) is 1. The van der Waals surface area contributed by atoms with Gasteiger partial charge in [-0.3, -0.25) is 9.69 Å². The second kappa shape index (κ2) is 7.41. The first-order valence-corrected chi connectivity index (χ1v) is 8.09. The Kier molecular flexibility index (Phi) is 5.84. The van der Waals surface area contributed by atoms with Crippen LogP contribution in [0, 0.1) is 5.92 Å². The first kappa shape index (κ1) is 15.8. The number of carbonyl (C=O) groups is 1. The molecule has 1 unspecified atom stereocenters. The lowest BCUT2D eigenvalue weighted by atomic mass is 9.99. The Morgan fingerprint density at radius 3 is 3.05 bits per heavy atom. The molecular formula is C14H21ClN2O2S. The zero-order valence-electron chi connectivity index (χ0n) is 11.7. The number of thiophene rings is 1. The fourth-order valence-corrected chi connectivity index (χ4v) is 3.66. The summed E-state index contributed by atoms with van der Waals surface area (Å²) in [4.78, 5) is 17.2. The summed E-state index contributed by atoms with van der Waals surface area (Å²) < 4.78 is 0.752. The third kappa shape index (κ3) is 4.45. The minimum atomic E-state index is 0.119. The van der Waals surface area contributed by atoms with Crippen molar-refractivity contribution >= 4 is 28.8 Å². The molecule has 1 saturated heterocycles. The molecule has 6 heteroatoms. The van der Waals surface area contributed by atoms with Crippen LogP contribution in [-0.4, -0.2) is 54.1 Å². The van der Waals surface area contributed by atoms with E-state index >= 15 is 0 Å². The lowest BCUT2D eigenvalue weighted by Crippen LogP contribution is -2.43. The van der Waals surface area contributed by atoms with E-state index in [9.17, 15) is 9.90 Å². The van der Waals surface area contributed by atoms with Crippen LogP contribution in [0.1, 0.15) is 17.7 Å². The standard InChI is InChI=1S/C14H21ClN2O2S/c1-16(8-12-4-5-13(15)20-12)14(19)9-17-6-2-3-11(7-17)10-18/h4-5,11,18H,2-3,6-10H2,1H3. The van der Waals surface area contributed by atoms with Crippen LogP contribution in [0.3, 0.4) is 0 Å². The molecule has 112 valence electrons. The Labute approximate surface area is 128 Å². The second-order valence-electron chi connectivity index (χ2n) is 5.38. The number of rotatable bonds is 5. The highest BCUT2D eigenvalue weighted by atomic mass is 35.5. The van der Waals surface area contributed by atoms with Crippen LogP contribution >= 0.6 is 22.9 Å². The third-order valence-corrected chi connectivity index (χ3v) is 4.88. The highest BCUT2D eigenvalue weighted by molar-refractivity contribution is 7.16. The largest absolute Gasteiger partial charge is 0.396 e. The van der Waals surface area contributed by atoms with Crippen molar-refractivity contribution < 1.29 is 9.90 Å². The number of carbonyl (C=O) groups excluding carboxylic acids is 1. The van der Waals surface area contributed by atoms with Crippen molar-refractivity contribution in [3.05, 3.63) is 21.3 Å². The van der Waals surface area contributed by atoms with E-state index in [1.807, 2.05) is 19.2 Å². The summed E-state index contributed by atoms with van der Waals surface area (Å²) in [6.45, 7) is 3.02. The van der Waals surface area contributed by atoms with Gasteiger partial charge < -0.3 is 10.0 Å². The molecule has 0 aromatic carbocycles. The molecule has 2 rings (SSSR count). The van der Waals surface area contributed by atoms with E-state index < -0.39 is 0 Å². The van der Waals surface area contributed by atoms with E-state index in [1.165, 1.54) is 11.3 Å². The summed E-state index contributed by atoms with van der Waals surface area (Å²) in [5.41, 5.74) is 0. The third-order valence-electron chi connectivity index (χ3n) is 3.67. The van der Waals surface area contributed by atoms with Crippen LogP contribution in [0.15, 0.2) is 12.1 Å². The van der Waals surface area contributed by atoms with Crippen molar-refractivity contribution in [2.24, 2.45) is 5.92 Å². The minimum Gasteiger partial charge on any atom is -0.396 e. The Hall–Kier alpha value is -0.620. The molecule has 1 amide bonds. The van der Waals surface area contributed by atoms with Gasteiger partial charge in [-0.05, 0) is 37.4 Å². The molecule has 4 nitrogen and oxygen atoms in total. The van der Waals surface area contributed by atoms with Crippen LogP contribution in [0.5, 0.6) is 0 Å². The predicted molar refractivity (Wildman–Crippen MR) is 82.1 cm³/mol. The fraction of sp³-hybridized carbons (Fsp3) is 0.643. The molecule has 1 aliphatic heterocycles.